The Morgan fingerprint density at radius 3 is 2.70 bits per heavy atom. The Hall–Kier alpha value is -2.99. The third kappa shape index (κ3) is 2.92. The molecule has 1 amide bonds. The van der Waals surface area contributed by atoms with Crippen LogP contribution < -0.4 is 5.43 Å². The zero-order valence-electron chi connectivity index (χ0n) is 15.6. The quantitative estimate of drug-likeness (QED) is 0.713. The minimum Gasteiger partial charge on any atom is -0.450 e. The second-order valence-electron chi connectivity index (χ2n) is 7.13. The van der Waals surface area contributed by atoms with E-state index in [1.54, 1.807) is 17.2 Å². The van der Waals surface area contributed by atoms with E-state index in [9.17, 15) is 9.59 Å². The topological polar surface area (TPSA) is 66.7 Å². The van der Waals surface area contributed by atoms with Gasteiger partial charge in [-0.1, -0.05) is 17.7 Å². The second kappa shape index (κ2) is 6.63. The molecular weight excluding hydrogens is 342 g/mol. The molecule has 1 aliphatic rings. The lowest BCUT2D eigenvalue weighted by Crippen LogP contribution is -2.35. The summed E-state index contributed by atoms with van der Waals surface area (Å²) in [7, 11) is 3.90. The fraction of sp³-hybridized carbons (Fsp3) is 0.286. The van der Waals surface area contributed by atoms with Gasteiger partial charge in [0.1, 0.15) is 11.6 Å². The van der Waals surface area contributed by atoms with Gasteiger partial charge in [0.05, 0.1) is 16.6 Å². The van der Waals surface area contributed by atoms with Crippen LogP contribution in [-0.2, 0) is 0 Å². The first-order valence-electron chi connectivity index (χ1n) is 8.91. The van der Waals surface area contributed by atoms with Crippen LogP contribution in [-0.4, -0.2) is 47.9 Å². The van der Waals surface area contributed by atoms with E-state index in [4.69, 9.17) is 4.42 Å². The molecule has 2 aromatic heterocycles. The van der Waals surface area contributed by atoms with E-state index in [2.05, 4.69) is 4.98 Å². The fourth-order valence-corrected chi connectivity index (χ4v) is 3.52. The molecule has 3 aromatic rings. The molecule has 6 heteroatoms. The summed E-state index contributed by atoms with van der Waals surface area (Å²) >= 11 is 0. The molecular formula is C21H21N3O3. The van der Waals surface area contributed by atoms with Crippen molar-refractivity contribution in [3.05, 3.63) is 75.4 Å². The van der Waals surface area contributed by atoms with E-state index in [1.807, 2.05) is 56.3 Å². The third-order valence-electron chi connectivity index (χ3n) is 4.88. The van der Waals surface area contributed by atoms with Crippen LogP contribution in [0.15, 0.2) is 51.8 Å². The number of aryl methyl sites for hydroxylation is 1. The van der Waals surface area contributed by atoms with Gasteiger partial charge in [0, 0.05) is 19.3 Å². The molecule has 1 atom stereocenters. The number of benzene rings is 1. The molecule has 0 radical (unpaired) electrons. The lowest BCUT2D eigenvalue weighted by molar-refractivity contribution is 0.0714. The Kier molecular flexibility index (Phi) is 4.28. The molecule has 27 heavy (non-hydrogen) atoms. The summed E-state index contributed by atoms with van der Waals surface area (Å²) in [5.74, 6) is -0.132. The number of hydrogen-bond acceptors (Lipinski definition) is 5. The van der Waals surface area contributed by atoms with Crippen LogP contribution in [0.5, 0.6) is 0 Å². The molecule has 0 unspecified atom stereocenters. The normalized spacial score (nSPS) is 16.4. The zero-order valence-corrected chi connectivity index (χ0v) is 15.6. The molecule has 1 aromatic carbocycles. The monoisotopic (exact) mass is 363 g/mol. The van der Waals surface area contributed by atoms with Crippen molar-refractivity contribution in [2.75, 3.05) is 27.2 Å². The Morgan fingerprint density at radius 2 is 2.00 bits per heavy atom. The summed E-state index contributed by atoms with van der Waals surface area (Å²) in [5.41, 5.74) is 2.30. The van der Waals surface area contributed by atoms with Gasteiger partial charge >= 0.3 is 0 Å². The predicted octanol–water partition coefficient (Wildman–Crippen LogP) is 2.60. The van der Waals surface area contributed by atoms with Gasteiger partial charge in [-0.15, -0.1) is 0 Å². The van der Waals surface area contributed by atoms with Gasteiger partial charge in [-0.3, -0.25) is 14.6 Å². The lowest BCUT2D eigenvalue weighted by Gasteiger charge is -2.25. The Morgan fingerprint density at radius 1 is 1.19 bits per heavy atom. The maximum absolute atomic E-state index is 13.3. The number of aromatic nitrogens is 1. The van der Waals surface area contributed by atoms with Gasteiger partial charge in [0.25, 0.3) is 5.91 Å². The maximum Gasteiger partial charge on any atom is 0.291 e. The molecule has 1 aliphatic heterocycles. The molecule has 0 bridgehead atoms. The summed E-state index contributed by atoms with van der Waals surface area (Å²) in [5, 5.41) is 0.497. The highest BCUT2D eigenvalue weighted by Crippen LogP contribution is 2.37. The number of pyridine rings is 1. The van der Waals surface area contributed by atoms with E-state index in [-0.39, 0.29) is 17.1 Å². The number of likely N-dealkylation sites (N-methyl/N-ethyl adjacent to an activating group) is 1. The van der Waals surface area contributed by atoms with Crippen LogP contribution in [0, 0.1) is 6.92 Å². The van der Waals surface area contributed by atoms with Crippen LogP contribution in [0.4, 0.5) is 0 Å². The average Bonchev–Trinajstić information content (AvgIpc) is 2.94. The van der Waals surface area contributed by atoms with Crippen molar-refractivity contribution in [2.45, 2.75) is 13.0 Å². The summed E-state index contributed by atoms with van der Waals surface area (Å²) in [6.45, 7) is 3.08. The number of rotatable bonds is 4. The number of fused-ring (bicyclic) bond motifs is 2. The van der Waals surface area contributed by atoms with Crippen molar-refractivity contribution in [3.8, 4) is 0 Å². The molecule has 0 N–H and O–H groups in total. The van der Waals surface area contributed by atoms with E-state index in [1.165, 1.54) is 0 Å². The van der Waals surface area contributed by atoms with Crippen LogP contribution in [0.1, 0.15) is 33.4 Å². The van der Waals surface area contributed by atoms with Crippen LogP contribution >= 0.6 is 0 Å². The number of carbonyl (C=O) groups excluding carboxylic acids is 1. The Balaban J connectivity index is 1.95. The number of amides is 1. The SMILES string of the molecule is Cc1ccc2oc3c(c(=O)c2c1)[C@@H](c1ccccn1)N(CCN(C)C)C3=O. The molecule has 0 spiro atoms. The minimum absolute atomic E-state index is 0.130. The second-order valence-corrected chi connectivity index (χ2v) is 7.13. The average molecular weight is 363 g/mol. The maximum atomic E-state index is 13.3. The fourth-order valence-electron chi connectivity index (χ4n) is 3.52. The van der Waals surface area contributed by atoms with Gasteiger partial charge in [0.15, 0.2) is 5.43 Å². The lowest BCUT2D eigenvalue weighted by atomic mass is 10.0. The zero-order chi connectivity index (χ0) is 19.1. The summed E-state index contributed by atoms with van der Waals surface area (Å²) < 4.78 is 5.91. The highest BCUT2D eigenvalue weighted by atomic mass is 16.3. The first-order chi connectivity index (χ1) is 13.0. The van der Waals surface area contributed by atoms with E-state index < -0.39 is 6.04 Å². The highest BCUT2D eigenvalue weighted by molar-refractivity contribution is 5.99. The van der Waals surface area contributed by atoms with E-state index in [0.717, 1.165) is 5.56 Å². The molecule has 3 heterocycles. The van der Waals surface area contributed by atoms with Crippen molar-refractivity contribution >= 4 is 16.9 Å². The summed E-state index contributed by atoms with van der Waals surface area (Å²) in [6.07, 6.45) is 1.68. The van der Waals surface area contributed by atoms with Gasteiger partial charge in [-0.05, 0) is 45.3 Å². The molecule has 0 fully saturated rings. The molecule has 138 valence electrons. The number of nitrogens with zero attached hydrogens (tertiary/aromatic N) is 3. The standard InChI is InChI=1S/C21H21N3O3/c1-13-7-8-16-14(12-13)19(25)17-18(15-6-4-5-9-22-15)24(11-10-23(2)3)21(26)20(17)27-16/h4-9,12,18H,10-11H2,1-3H3/t18-/m1/s1. The van der Waals surface area contributed by atoms with Crippen molar-refractivity contribution in [1.29, 1.82) is 0 Å². The minimum atomic E-state index is -0.533. The van der Waals surface area contributed by atoms with Crippen molar-refractivity contribution in [2.24, 2.45) is 0 Å². The molecule has 0 saturated carbocycles. The smallest absolute Gasteiger partial charge is 0.291 e. The number of hydrogen-bond donors (Lipinski definition) is 0. The van der Waals surface area contributed by atoms with Crippen molar-refractivity contribution in [3.63, 3.8) is 0 Å². The Labute approximate surface area is 157 Å². The largest absolute Gasteiger partial charge is 0.450 e. The third-order valence-corrected chi connectivity index (χ3v) is 4.88. The molecule has 0 aliphatic carbocycles. The molecule has 4 rings (SSSR count). The van der Waals surface area contributed by atoms with Crippen molar-refractivity contribution < 1.29 is 9.21 Å². The van der Waals surface area contributed by atoms with Gasteiger partial charge in [-0.25, -0.2) is 0 Å². The predicted molar refractivity (Wildman–Crippen MR) is 103 cm³/mol. The Bertz CT molecular complexity index is 1070. The first-order valence-corrected chi connectivity index (χ1v) is 8.91. The molecule has 0 saturated heterocycles. The van der Waals surface area contributed by atoms with Crippen LogP contribution in [0.3, 0.4) is 0 Å². The van der Waals surface area contributed by atoms with Gasteiger partial charge < -0.3 is 14.2 Å². The summed E-state index contributed by atoms with van der Waals surface area (Å²) in [4.78, 5) is 34.5. The first kappa shape index (κ1) is 17.4. The van der Waals surface area contributed by atoms with E-state index in [0.29, 0.717) is 35.3 Å². The van der Waals surface area contributed by atoms with Gasteiger partial charge in [-0.2, -0.15) is 0 Å². The van der Waals surface area contributed by atoms with Crippen molar-refractivity contribution in [1.82, 2.24) is 14.8 Å². The highest BCUT2D eigenvalue weighted by Gasteiger charge is 2.43. The summed E-state index contributed by atoms with van der Waals surface area (Å²) in [6, 6.07) is 10.4. The van der Waals surface area contributed by atoms with Crippen LogP contribution in [0.2, 0.25) is 0 Å². The molecule has 6 nitrogen and oxygen atoms in total. The van der Waals surface area contributed by atoms with Gasteiger partial charge in [0.2, 0.25) is 5.76 Å². The van der Waals surface area contributed by atoms with Crippen LogP contribution in [0.25, 0.3) is 11.0 Å². The number of carbonyl (C=O) groups is 1. The van der Waals surface area contributed by atoms with E-state index >= 15 is 0 Å².